The molecule has 0 radical (unpaired) electrons. The van der Waals surface area contributed by atoms with Crippen LogP contribution >= 0.6 is 11.3 Å². The molecule has 1 amide bonds. The normalized spacial score (nSPS) is 16.8. The number of amides is 1. The SMILES string of the molecule is Cc1ccsc1CN(C)C(=O)C1(c2ccc(F)cc2)CCOCC1. The van der Waals surface area contributed by atoms with E-state index in [2.05, 4.69) is 13.0 Å². The lowest BCUT2D eigenvalue weighted by molar-refractivity contribution is -0.140. The fraction of sp³-hybridized carbons (Fsp3) is 0.421. The number of rotatable bonds is 4. The van der Waals surface area contributed by atoms with Crippen molar-refractivity contribution in [1.29, 1.82) is 0 Å². The van der Waals surface area contributed by atoms with Gasteiger partial charge in [-0.25, -0.2) is 4.39 Å². The molecule has 0 bridgehead atoms. The molecule has 128 valence electrons. The number of carbonyl (C=O) groups excluding carboxylic acids is 1. The summed E-state index contributed by atoms with van der Waals surface area (Å²) in [7, 11) is 1.85. The van der Waals surface area contributed by atoms with Crippen molar-refractivity contribution in [3.63, 3.8) is 0 Å². The Morgan fingerprint density at radius 3 is 2.50 bits per heavy atom. The van der Waals surface area contributed by atoms with E-state index < -0.39 is 5.41 Å². The zero-order chi connectivity index (χ0) is 17.2. The van der Waals surface area contributed by atoms with Gasteiger partial charge in [0.2, 0.25) is 5.91 Å². The van der Waals surface area contributed by atoms with Gasteiger partial charge in [0.15, 0.2) is 0 Å². The predicted octanol–water partition coefficient (Wildman–Crippen LogP) is 3.90. The van der Waals surface area contributed by atoms with Crippen molar-refractivity contribution in [2.45, 2.75) is 31.7 Å². The topological polar surface area (TPSA) is 29.5 Å². The van der Waals surface area contributed by atoms with E-state index in [1.165, 1.54) is 22.6 Å². The number of hydrogen-bond donors (Lipinski definition) is 0. The molecule has 0 N–H and O–H groups in total. The molecule has 2 heterocycles. The maximum Gasteiger partial charge on any atom is 0.233 e. The van der Waals surface area contributed by atoms with Crippen molar-refractivity contribution in [2.75, 3.05) is 20.3 Å². The number of benzene rings is 1. The highest BCUT2D eigenvalue weighted by Gasteiger charge is 2.43. The first-order valence-corrected chi connectivity index (χ1v) is 9.03. The summed E-state index contributed by atoms with van der Waals surface area (Å²) in [4.78, 5) is 16.3. The van der Waals surface area contributed by atoms with E-state index >= 15 is 0 Å². The molecule has 3 rings (SSSR count). The summed E-state index contributed by atoms with van der Waals surface area (Å²) in [5, 5.41) is 2.05. The van der Waals surface area contributed by atoms with Gasteiger partial charge in [-0.1, -0.05) is 12.1 Å². The van der Waals surface area contributed by atoms with E-state index in [4.69, 9.17) is 4.74 Å². The van der Waals surface area contributed by atoms with E-state index in [1.807, 2.05) is 12.4 Å². The second-order valence-corrected chi connectivity index (χ2v) is 7.39. The summed E-state index contributed by atoms with van der Waals surface area (Å²) in [6, 6.07) is 8.42. The average molecular weight is 347 g/mol. The zero-order valence-electron chi connectivity index (χ0n) is 14.0. The second kappa shape index (κ2) is 7.03. The molecule has 3 nitrogen and oxygen atoms in total. The molecule has 0 atom stereocenters. The Morgan fingerprint density at radius 1 is 1.25 bits per heavy atom. The summed E-state index contributed by atoms with van der Waals surface area (Å²) in [5.41, 5.74) is 1.47. The highest BCUT2D eigenvalue weighted by atomic mass is 32.1. The fourth-order valence-electron chi connectivity index (χ4n) is 3.33. The number of carbonyl (C=O) groups is 1. The zero-order valence-corrected chi connectivity index (χ0v) is 14.9. The number of aryl methyl sites for hydroxylation is 1. The molecule has 1 saturated heterocycles. The first kappa shape index (κ1) is 17.1. The minimum Gasteiger partial charge on any atom is -0.381 e. The van der Waals surface area contributed by atoms with Gasteiger partial charge in [-0.2, -0.15) is 0 Å². The van der Waals surface area contributed by atoms with Gasteiger partial charge in [0, 0.05) is 25.1 Å². The quantitative estimate of drug-likeness (QED) is 0.839. The third-order valence-corrected chi connectivity index (χ3v) is 5.86. The van der Waals surface area contributed by atoms with Crippen LogP contribution in [0.4, 0.5) is 4.39 Å². The molecule has 0 unspecified atom stereocenters. The summed E-state index contributed by atoms with van der Waals surface area (Å²) in [6.45, 7) is 3.77. The molecule has 0 aliphatic carbocycles. The van der Waals surface area contributed by atoms with Crippen molar-refractivity contribution >= 4 is 17.2 Å². The molecular formula is C19H22FNO2S. The predicted molar refractivity (Wildman–Crippen MR) is 93.7 cm³/mol. The number of ether oxygens (including phenoxy) is 1. The van der Waals surface area contributed by atoms with E-state index in [0.717, 1.165) is 5.56 Å². The van der Waals surface area contributed by atoms with Crippen LogP contribution in [0.3, 0.4) is 0 Å². The van der Waals surface area contributed by atoms with Gasteiger partial charge in [-0.15, -0.1) is 11.3 Å². The maximum atomic E-state index is 13.3. The molecule has 1 aromatic carbocycles. The summed E-state index contributed by atoms with van der Waals surface area (Å²) in [5.74, 6) is -0.193. The van der Waals surface area contributed by atoms with Crippen LogP contribution in [0, 0.1) is 12.7 Å². The lowest BCUT2D eigenvalue weighted by atomic mass is 9.73. The fourth-order valence-corrected chi connectivity index (χ4v) is 4.29. The largest absolute Gasteiger partial charge is 0.381 e. The van der Waals surface area contributed by atoms with Crippen molar-refractivity contribution in [1.82, 2.24) is 4.90 Å². The summed E-state index contributed by atoms with van der Waals surface area (Å²) in [6.07, 6.45) is 1.26. The molecule has 0 saturated carbocycles. The Balaban J connectivity index is 1.89. The third kappa shape index (κ3) is 3.23. The van der Waals surface area contributed by atoms with E-state index in [0.29, 0.717) is 32.6 Å². The van der Waals surface area contributed by atoms with Crippen LogP contribution < -0.4 is 0 Å². The first-order chi connectivity index (χ1) is 11.5. The van der Waals surface area contributed by atoms with Crippen molar-refractivity contribution < 1.29 is 13.9 Å². The van der Waals surface area contributed by atoms with Gasteiger partial charge in [0.05, 0.1) is 12.0 Å². The van der Waals surface area contributed by atoms with Crippen LogP contribution in [0.2, 0.25) is 0 Å². The monoisotopic (exact) mass is 347 g/mol. The molecule has 5 heteroatoms. The number of halogens is 1. The number of thiophene rings is 1. The van der Waals surface area contributed by atoms with Gasteiger partial charge in [0.25, 0.3) is 0 Å². The minimum absolute atomic E-state index is 0.0882. The Labute approximate surface area is 146 Å². The van der Waals surface area contributed by atoms with Gasteiger partial charge in [-0.05, 0) is 54.5 Å². The van der Waals surface area contributed by atoms with Crippen LogP contribution in [0.25, 0.3) is 0 Å². The van der Waals surface area contributed by atoms with E-state index in [-0.39, 0.29) is 11.7 Å². The smallest absolute Gasteiger partial charge is 0.233 e. The number of nitrogens with zero attached hydrogens (tertiary/aromatic N) is 1. The molecular weight excluding hydrogens is 325 g/mol. The molecule has 24 heavy (non-hydrogen) atoms. The average Bonchev–Trinajstić information content (AvgIpc) is 3.00. The van der Waals surface area contributed by atoms with Crippen LogP contribution in [0.15, 0.2) is 35.7 Å². The van der Waals surface area contributed by atoms with Crippen molar-refractivity contribution in [2.24, 2.45) is 0 Å². The highest BCUT2D eigenvalue weighted by molar-refractivity contribution is 7.10. The van der Waals surface area contributed by atoms with Gasteiger partial charge in [0.1, 0.15) is 5.82 Å². The number of likely N-dealkylation sites (N-methyl/N-ethyl adjacent to an activating group) is 1. The van der Waals surface area contributed by atoms with Crippen LogP contribution in [0.5, 0.6) is 0 Å². The Hall–Kier alpha value is -1.72. The van der Waals surface area contributed by atoms with E-state index in [1.54, 1.807) is 28.4 Å². The van der Waals surface area contributed by atoms with Gasteiger partial charge >= 0.3 is 0 Å². The standard InChI is InChI=1S/C19H22FNO2S/c1-14-7-12-24-17(14)13-21(2)18(22)19(8-10-23-11-9-19)15-3-5-16(20)6-4-15/h3-7,12H,8-11,13H2,1-2H3. The van der Waals surface area contributed by atoms with Crippen molar-refractivity contribution in [3.05, 3.63) is 57.5 Å². The minimum atomic E-state index is -0.619. The highest BCUT2D eigenvalue weighted by Crippen LogP contribution is 2.37. The second-order valence-electron chi connectivity index (χ2n) is 6.39. The van der Waals surface area contributed by atoms with Crippen LogP contribution in [-0.2, 0) is 21.5 Å². The van der Waals surface area contributed by atoms with Gasteiger partial charge in [-0.3, -0.25) is 4.79 Å². The van der Waals surface area contributed by atoms with Gasteiger partial charge < -0.3 is 9.64 Å². The first-order valence-electron chi connectivity index (χ1n) is 8.15. The van der Waals surface area contributed by atoms with E-state index in [9.17, 15) is 9.18 Å². The summed E-state index contributed by atoms with van der Waals surface area (Å²) >= 11 is 1.67. The van der Waals surface area contributed by atoms with Crippen molar-refractivity contribution in [3.8, 4) is 0 Å². The Morgan fingerprint density at radius 2 is 1.92 bits per heavy atom. The molecule has 2 aromatic rings. The summed E-state index contributed by atoms with van der Waals surface area (Å²) < 4.78 is 18.8. The molecule has 0 spiro atoms. The Kier molecular flexibility index (Phi) is 5.01. The Bertz CT molecular complexity index is 704. The molecule has 1 fully saturated rings. The number of hydrogen-bond acceptors (Lipinski definition) is 3. The molecule has 1 aliphatic heterocycles. The molecule has 1 aliphatic rings. The lowest BCUT2D eigenvalue weighted by Crippen LogP contribution is -2.48. The lowest BCUT2D eigenvalue weighted by Gasteiger charge is -2.39. The molecule has 1 aromatic heterocycles. The van der Waals surface area contributed by atoms with Crippen LogP contribution in [0.1, 0.15) is 28.8 Å². The van der Waals surface area contributed by atoms with Crippen LogP contribution in [-0.4, -0.2) is 31.1 Å². The maximum absolute atomic E-state index is 13.3. The third-order valence-electron chi connectivity index (χ3n) is 4.85.